The monoisotopic (exact) mass is 378 g/mol. The lowest BCUT2D eigenvalue weighted by Gasteiger charge is -2.31. The Balaban J connectivity index is 1.93. The fourth-order valence-electron chi connectivity index (χ4n) is 5.12. The highest BCUT2D eigenvalue weighted by Gasteiger charge is 2.64. The van der Waals surface area contributed by atoms with Gasteiger partial charge >= 0.3 is 5.97 Å². The number of carbonyl (C=O) groups excluding carboxylic acids is 2. The van der Waals surface area contributed by atoms with Crippen LogP contribution in [0.4, 0.5) is 5.69 Å². The van der Waals surface area contributed by atoms with Crippen LogP contribution in [0.25, 0.3) is 0 Å². The Morgan fingerprint density at radius 3 is 2.50 bits per heavy atom. The summed E-state index contributed by atoms with van der Waals surface area (Å²) in [5.41, 5.74) is 1.93. The van der Waals surface area contributed by atoms with Crippen LogP contribution in [0.15, 0.2) is 54.6 Å². The molecule has 0 aliphatic carbocycles. The van der Waals surface area contributed by atoms with Crippen LogP contribution in [0.1, 0.15) is 36.9 Å². The smallest absolute Gasteiger partial charge is 0.310 e. The summed E-state index contributed by atoms with van der Waals surface area (Å²) in [5.74, 6) is -0.888. The van der Waals surface area contributed by atoms with E-state index in [1.54, 1.807) is 4.90 Å². The van der Waals surface area contributed by atoms with Crippen molar-refractivity contribution >= 4 is 17.6 Å². The van der Waals surface area contributed by atoms with Crippen molar-refractivity contribution in [1.29, 1.82) is 0 Å². The largest absolute Gasteiger partial charge is 0.469 e. The highest BCUT2D eigenvalue weighted by atomic mass is 16.5. The molecule has 1 N–H and O–H groups in total. The molecule has 2 aromatic rings. The molecule has 2 aliphatic heterocycles. The quantitative estimate of drug-likeness (QED) is 0.829. The zero-order valence-corrected chi connectivity index (χ0v) is 16.5. The third-order valence-corrected chi connectivity index (χ3v) is 6.30. The molecule has 1 saturated heterocycles. The molecule has 0 radical (unpaired) electrons. The summed E-state index contributed by atoms with van der Waals surface area (Å²) in [6, 6.07) is 17.5. The minimum absolute atomic E-state index is 0.000478. The maximum Gasteiger partial charge on any atom is 0.310 e. The van der Waals surface area contributed by atoms with E-state index < -0.39 is 11.5 Å². The molecule has 0 aromatic heterocycles. The SMILES string of the molecule is CCC[C@H]1[C@H](C(=O)OC)[C@H](c2ccccc2)N[C@@]12C(=O)N(C)c1ccccc12. The van der Waals surface area contributed by atoms with E-state index in [-0.39, 0.29) is 23.8 Å². The summed E-state index contributed by atoms with van der Waals surface area (Å²) in [5, 5.41) is 3.63. The van der Waals surface area contributed by atoms with Gasteiger partial charge in [0, 0.05) is 30.3 Å². The molecule has 2 aromatic carbocycles. The molecule has 0 saturated carbocycles. The van der Waals surface area contributed by atoms with Gasteiger partial charge in [-0.25, -0.2) is 0 Å². The third-order valence-electron chi connectivity index (χ3n) is 6.30. The first-order valence-electron chi connectivity index (χ1n) is 9.84. The van der Waals surface area contributed by atoms with E-state index >= 15 is 0 Å². The van der Waals surface area contributed by atoms with E-state index in [4.69, 9.17) is 4.74 Å². The highest BCUT2D eigenvalue weighted by molar-refractivity contribution is 6.08. The van der Waals surface area contributed by atoms with Gasteiger partial charge in [0.1, 0.15) is 5.54 Å². The van der Waals surface area contributed by atoms with Crippen LogP contribution in [0.3, 0.4) is 0 Å². The van der Waals surface area contributed by atoms with Crippen molar-refractivity contribution in [2.24, 2.45) is 11.8 Å². The van der Waals surface area contributed by atoms with Gasteiger partial charge in [0.05, 0.1) is 13.0 Å². The Kier molecular flexibility index (Phi) is 4.71. The Morgan fingerprint density at radius 1 is 1.14 bits per heavy atom. The van der Waals surface area contributed by atoms with Gasteiger partial charge < -0.3 is 9.64 Å². The summed E-state index contributed by atoms with van der Waals surface area (Å²) in [6.45, 7) is 2.09. The maximum absolute atomic E-state index is 13.6. The lowest BCUT2D eigenvalue weighted by molar-refractivity contribution is -0.148. The molecule has 1 spiro atoms. The number of methoxy groups -OCH3 is 1. The number of hydrogen-bond donors (Lipinski definition) is 1. The fourth-order valence-corrected chi connectivity index (χ4v) is 5.12. The molecule has 28 heavy (non-hydrogen) atoms. The van der Waals surface area contributed by atoms with Gasteiger partial charge in [-0.3, -0.25) is 14.9 Å². The number of esters is 1. The van der Waals surface area contributed by atoms with Crippen molar-refractivity contribution in [3.63, 3.8) is 0 Å². The maximum atomic E-state index is 13.6. The molecule has 0 bridgehead atoms. The topological polar surface area (TPSA) is 58.6 Å². The van der Waals surface area contributed by atoms with Crippen molar-refractivity contribution in [3.05, 3.63) is 65.7 Å². The van der Waals surface area contributed by atoms with Crippen LogP contribution in [-0.2, 0) is 19.9 Å². The van der Waals surface area contributed by atoms with Crippen LogP contribution >= 0.6 is 0 Å². The molecule has 146 valence electrons. The predicted molar refractivity (Wildman–Crippen MR) is 108 cm³/mol. The molecule has 5 heteroatoms. The molecule has 1 fully saturated rings. The van der Waals surface area contributed by atoms with Crippen molar-refractivity contribution in [3.8, 4) is 0 Å². The van der Waals surface area contributed by atoms with Crippen LogP contribution in [-0.4, -0.2) is 26.0 Å². The summed E-state index contributed by atoms with van der Waals surface area (Å²) < 4.78 is 5.21. The molecule has 5 nitrogen and oxygen atoms in total. The van der Waals surface area contributed by atoms with Gasteiger partial charge in [-0.1, -0.05) is 61.9 Å². The summed E-state index contributed by atoms with van der Waals surface area (Å²) in [7, 11) is 3.23. The standard InChI is InChI=1S/C23H26N2O3/c1-4-10-17-19(21(26)28-3)20(15-11-6-5-7-12-15)24-23(17)16-13-8-9-14-18(16)25(2)22(23)27/h5-9,11-14,17,19-20,24H,4,10H2,1-3H3/t17-,19-,20-,23+/m0/s1. The van der Waals surface area contributed by atoms with Crippen LogP contribution < -0.4 is 10.2 Å². The number of para-hydroxylation sites is 1. The zero-order valence-electron chi connectivity index (χ0n) is 16.5. The minimum Gasteiger partial charge on any atom is -0.469 e. The molecule has 1 amide bonds. The van der Waals surface area contributed by atoms with E-state index in [9.17, 15) is 9.59 Å². The second-order valence-electron chi connectivity index (χ2n) is 7.67. The Bertz CT molecular complexity index is 898. The average molecular weight is 378 g/mol. The van der Waals surface area contributed by atoms with Gasteiger partial charge in [-0.15, -0.1) is 0 Å². The normalized spacial score (nSPS) is 28.6. The van der Waals surface area contributed by atoms with E-state index in [1.165, 1.54) is 7.11 Å². The Hall–Kier alpha value is -2.66. The van der Waals surface area contributed by atoms with Crippen molar-refractivity contribution in [1.82, 2.24) is 5.32 Å². The summed E-state index contributed by atoms with van der Waals surface area (Å²) in [4.78, 5) is 28.3. The minimum atomic E-state index is -0.916. The lowest BCUT2D eigenvalue weighted by atomic mass is 9.72. The summed E-state index contributed by atoms with van der Waals surface area (Å²) in [6.07, 6.45) is 1.63. The Labute approximate surface area is 165 Å². The van der Waals surface area contributed by atoms with Gasteiger partial charge in [-0.05, 0) is 18.1 Å². The van der Waals surface area contributed by atoms with Gasteiger partial charge in [0.25, 0.3) is 5.91 Å². The predicted octanol–water partition coefficient (Wildman–Crippen LogP) is 3.41. The molecule has 2 aliphatic rings. The number of benzene rings is 2. The van der Waals surface area contributed by atoms with Gasteiger partial charge in [0.15, 0.2) is 0 Å². The number of fused-ring (bicyclic) bond motifs is 2. The van der Waals surface area contributed by atoms with Crippen LogP contribution in [0.2, 0.25) is 0 Å². The van der Waals surface area contributed by atoms with E-state index in [1.807, 2.05) is 61.6 Å². The first-order chi connectivity index (χ1) is 13.6. The number of carbonyl (C=O) groups is 2. The number of amides is 1. The second kappa shape index (κ2) is 7.06. The number of rotatable bonds is 4. The van der Waals surface area contributed by atoms with Crippen molar-refractivity contribution in [2.75, 3.05) is 19.1 Å². The number of anilines is 1. The van der Waals surface area contributed by atoms with Crippen molar-refractivity contribution < 1.29 is 14.3 Å². The van der Waals surface area contributed by atoms with Gasteiger partial charge in [0.2, 0.25) is 0 Å². The number of likely N-dealkylation sites (N-methyl/N-ethyl adjacent to an activating group) is 1. The number of ether oxygens (including phenoxy) is 1. The van der Waals surface area contributed by atoms with E-state index in [0.29, 0.717) is 0 Å². The Morgan fingerprint density at radius 2 is 1.82 bits per heavy atom. The first kappa shape index (κ1) is 18.7. The number of nitrogens with zero attached hydrogens (tertiary/aromatic N) is 1. The zero-order chi connectivity index (χ0) is 19.9. The van der Waals surface area contributed by atoms with Gasteiger partial charge in [-0.2, -0.15) is 0 Å². The fraction of sp³-hybridized carbons (Fsp3) is 0.391. The number of nitrogens with one attached hydrogen (secondary N) is 1. The molecule has 4 atom stereocenters. The van der Waals surface area contributed by atoms with Crippen LogP contribution in [0.5, 0.6) is 0 Å². The second-order valence-corrected chi connectivity index (χ2v) is 7.67. The highest BCUT2D eigenvalue weighted by Crippen LogP contribution is 2.56. The molecular formula is C23H26N2O3. The van der Waals surface area contributed by atoms with E-state index in [0.717, 1.165) is 29.7 Å². The number of hydrogen-bond acceptors (Lipinski definition) is 4. The summed E-state index contributed by atoms with van der Waals surface area (Å²) >= 11 is 0. The average Bonchev–Trinajstić information content (AvgIpc) is 3.18. The molecule has 4 rings (SSSR count). The first-order valence-corrected chi connectivity index (χ1v) is 9.84. The van der Waals surface area contributed by atoms with E-state index in [2.05, 4.69) is 12.2 Å². The third kappa shape index (κ3) is 2.49. The molecule has 2 heterocycles. The molecule has 0 unspecified atom stereocenters. The van der Waals surface area contributed by atoms with Crippen LogP contribution in [0, 0.1) is 11.8 Å². The lowest BCUT2D eigenvalue weighted by Crippen LogP contribution is -2.50. The van der Waals surface area contributed by atoms with Crippen molar-refractivity contribution in [2.45, 2.75) is 31.3 Å². The molecular weight excluding hydrogens is 352 g/mol.